The molecule has 0 aliphatic heterocycles. The topological polar surface area (TPSA) is 106 Å². The maximum Gasteiger partial charge on any atom is 0.271 e. The molecule has 2 heterocycles. The van der Waals surface area contributed by atoms with E-state index in [1.54, 1.807) is 12.1 Å². The van der Waals surface area contributed by atoms with Crippen molar-refractivity contribution in [1.29, 1.82) is 0 Å². The molecule has 1 aromatic carbocycles. The number of tetrazole rings is 1. The Morgan fingerprint density at radius 2 is 2.05 bits per heavy atom. The molecule has 0 aliphatic rings. The van der Waals surface area contributed by atoms with Crippen LogP contribution in [0.15, 0.2) is 53.7 Å². The fourth-order valence-electron chi connectivity index (χ4n) is 1.95. The number of nitrogens with one attached hydrogen (secondary N) is 2. The first kappa shape index (κ1) is 13.7. The third-order valence-corrected chi connectivity index (χ3v) is 3.01. The van der Waals surface area contributed by atoms with Crippen LogP contribution in [0.5, 0.6) is 0 Å². The van der Waals surface area contributed by atoms with Crippen LogP contribution in [0.1, 0.15) is 5.56 Å². The summed E-state index contributed by atoms with van der Waals surface area (Å²) in [6.07, 6.45) is 3.17. The number of nitrogens with zero attached hydrogens (tertiary/aromatic N) is 4. The van der Waals surface area contributed by atoms with E-state index in [2.05, 4.69) is 25.8 Å². The highest BCUT2D eigenvalue weighted by Gasteiger charge is 2.07. The van der Waals surface area contributed by atoms with E-state index in [1.165, 1.54) is 17.2 Å². The zero-order chi connectivity index (χ0) is 15.4. The number of hydrogen-bond donors (Lipinski definition) is 2. The maximum absolute atomic E-state index is 11.9. The largest absolute Gasteiger partial charge is 0.327 e. The second kappa shape index (κ2) is 6.00. The summed E-state index contributed by atoms with van der Waals surface area (Å²) < 4.78 is 1.52. The highest BCUT2D eigenvalue weighted by Crippen LogP contribution is 2.09. The van der Waals surface area contributed by atoms with Crippen LogP contribution in [0.4, 0.5) is 5.69 Å². The van der Waals surface area contributed by atoms with Gasteiger partial charge in [0.25, 0.3) is 5.56 Å². The Morgan fingerprint density at radius 3 is 2.73 bits per heavy atom. The average Bonchev–Trinajstić information content (AvgIpc) is 3.05. The number of H-pyrrole nitrogens is 1. The number of rotatable bonds is 4. The second-order valence-electron chi connectivity index (χ2n) is 4.56. The zero-order valence-electron chi connectivity index (χ0n) is 11.4. The highest BCUT2D eigenvalue weighted by atomic mass is 16.2. The highest BCUT2D eigenvalue weighted by molar-refractivity contribution is 5.92. The predicted octanol–water partition coefficient (Wildman–Crippen LogP) is 0.532. The van der Waals surface area contributed by atoms with E-state index in [9.17, 15) is 9.59 Å². The van der Waals surface area contributed by atoms with Crippen molar-refractivity contribution in [3.8, 4) is 5.69 Å². The van der Waals surface area contributed by atoms with Crippen LogP contribution < -0.4 is 10.9 Å². The van der Waals surface area contributed by atoms with Crippen molar-refractivity contribution in [2.75, 3.05) is 5.32 Å². The van der Waals surface area contributed by atoms with Gasteiger partial charge in [-0.15, -0.1) is 5.10 Å². The number of pyridine rings is 1. The Bertz CT molecular complexity index is 823. The Morgan fingerprint density at radius 1 is 1.23 bits per heavy atom. The lowest BCUT2D eigenvalue weighted by Gasteiger charge is -2.05. The van der Waals surface area contributed by atoms with E-state index in [-0.39, 0.29) is 23.6 Å². The minimum Gasteiger partial charge on any atom is -0.327 e. The number of benzene rings is 1. The van der Waals surface area contributed by atoms with Crippen molar-refractivity contribution in [1.82, 2.24) is 25.2 Å². The molecule has 0 saturated carbocycles. The van der Waals surface area contributed by atoms with Crippen LogP contribution in [-0.2, 0) is 11.2 Å². The number of aromatic amines is 1. The molecule has 8 nitrogen and oxygen atoms in total. The molecule has 0 unspecified atom stereocenters. The normalized spacial score (nSPS) is 10.4. The van der Waals surface area contributed by atoms with Crippen LogP contribution >= 0.6 is 0 Å². The Hall–Kier alpha value is -3.29. The molecule has 22 heavy (non-hydrogen) atoms. The number of anilines is 1. The quantitative estimate of drug-likeness (QED) is 0.730. The van der Waals surface area contributed by atoms with Gasteiger partial charge in [-0.3, -0.25) is 9.59 Å². The molecular weight excluding hydrogens is 284 g/mol. The first-order valence-electron chi connectivity index (χ1n) is 6.52. The van der Waals surface area contributed by atoms with E-state index in [0.717, 1.165) is 11.3 Å². The van der Waals surface area contributed by atoms with Gasteiger partial charge < -0.3 is 10.3 Å². The molecule has 0 fully saturated rings. The molecule has 0 spiro atoms. The zero-order valence-corrected chi connectivity index (χ0v) is 11.4. The van der Waals surface area contributed by atoms with Crippen molar-refractivity contribution < 1.29 is 4.79 Å². The molecule has 3 aromatic rings. The summed E-state index contributed by atoms with van der Waals surface area (Å²) in [5.74, 6) is -0.258. The van der Waals surface area contributed by atoms with Gasteiger partial charge in [0.2, 0.25) is 5.91 Å². The fraction of sp³-hybridized carbons (Fsp3) is 0.0714. The third kappa shape index (κ3) is 3.06. The Kier molecular flexibility index (Phi) is 3.73. The average molecular weight is 296 g/mol. The van der Waals surface area contributed by atoms with Crippen LogP contribution in [0, 0.1) is 0 Å². The van der Waals surface area contributed by atoms with Gasteiger partial charge in [0.15, 0.2) is 0 Å². The SMILES string of the molecule is O=C(Cc1ccc(-n2cnnn2)cc1)Nc1ccc[nH]c1=O. The van der Waals surface area contributed by atoms with Gasteiger partial charge in [-0.25, -0.2) is 4.68 Å². The van der Waals surface area contributed by atoms with E-state index in [4.69, 9.17) is 0 Å². The molecule has 1 amide bonds. The third-order valence-electron chi connectivity index (χ3n) is 3.01. The van der Waals surface area contributed by atoms with E-state index < -0.39 is 0 Å². The first-order chi connectivity index (χ1) is 10.7. The lowest BCUT2D eigenvalue weighted by molar-refractivity contribution is -0.115. The van der Waals surface area contributed by atoms with Crippen LogP contribution in [0.3, 0.4) is 0 Å². The Balaban J connectivity index is 1.67. The molecule has 0 saturated heterocycles. The lowest BCUT2D eigenvalue weighted by Crippen LogP contribution is -2.20. The summed E-state index contributed by atoms with van der Waals surface area (Å²) in [4.78, 5) is 25.9. The molecule has 2 N–H and O–H groups in total. The van der Waals surface area contributed by atoms with Crippen molar-refractivity contribution in [2.45, 2.75) is 6.42 Å². The van der Waals surface area contributed by atoms with Crippen LogP contribution in [0.2, 0.25) is 0 Å². The van der Waals surface area contributed by atoms with Gasteiger partial charge in [-0.05, 0) is 40.3 Å². The molecule has 0 aliphatic carbocycles. The second-order valence-corrected chi connectivity index (χ2v) is 4.56. The minimum atomic E-state index is -0.329. The summed E-state index contributed by atoms with van der Waals surface area (Å²) in [7, 11) is 0. The van der Waals surface area contributed by atoms with Gasteiger partial charge in [0.05, 0.1) is 12.1 Å². The first-order valence-corrected chi connectivity index (χ1v) is 6.52. The molecular formula is C14H12N6O2. The molecule has 0 atom stereocenters. The number of aromatic nitrogens is 5. The predicted molar refractivity (Wildman–Crippen MR) is 78.6 cm³/mol. The smallest absolute Gasteiger partial charge is 0.271 e. The van der Waals surface area contributed by atoms with Gasteiger partial charge in [0.1, 0.15) is 12.0 Å². The van der Waals surface area contributed by atoms with Crippen LogP contribution in [0.25, 0.3) is 5.69 Å². The standard InChI is InChI=1S/C14H12N6O2/c21-13(17-12-2-1-7-15-14(12)22)8-10-3-5-11(6-4-10)20-9-16-18-19-20/h1-7,9H,8H2,(H,15,22)(H,17,21). The molecule has 0 bridgehead atoms. The van der Waals surface area contributed by atoms with Crippen molar-refractivity contribution >= 4 is 11.6 Å². The summed E-state index contributed by atoms with van der Waals surface area (Å²) in [6, 6.07) is 10.5. The van der Waals surface area contributed by atoms with E-state index >= 15 is 0 Å². The van der Waals surface area contributed by atoms with Gasteiger partial charge in [-0.1, -0.05) is 12.1 Å². The Labute approximate surface area is 124 Å². The summed E-state index contributed by atoms with van der Waals surface area (Å²) in [5.41, 5.74) is 1.53. The monoisotopic (exact) mass is 296 g/mol. The van der Waals surface area contributed by atoms with Crippen molar-refractivity contribution in [3.63, 3.8) is 0 Å². The number of carbonyl (C=O) groups excluding carboxylic acids is 1. The number of carbonyl (C=O) groups is 1. The van der Waals surface area contributed by atoms with Gasteiger partial charge >= 0.3 is 0 Å². The van der Waals surface area contributed by atoms with Crippen molar-refractivity contribution in [3.05, 3.63) is 64.8 Å². The summed E-state index contributed by atoms with van der Waals surface area (Å²) >= 11 is 0. The van der Waals surface area contributed by atoms with E-state index in [0.29, 0.717) is 0 Å². The molecule has 8 heteroatoms. The molecule has 2 aromatic heterocycles. The maximum atomic E-state index is 11.9. The lowest BCUT2D eigenvalue weighted by atomic mass is 10.1. The molecule has 0 radical (unpaired) electrons. The number of amides is 1. The molecule has 3 rings (SSSR count). The van der Waals surface area contributed by atoms with Gasteiger partial charge in [-0.2, -0.15) is 0 Å². The van der Waals surface area contributed by atoms with E-state index in [1.807, 2.05) is 24.3 Å². The minimum absolute atomic E-state index is 0.171. The van der Waals surface area contributed by atoms with Crippen LogP contribution in [-0.4, -0.2) is 31.1 Å². The van der Waals surface area contributed by atoms with Crippen molar-refractivity contribution in [2.24, 2.45) is 0 Å². The summed E-state index contributed by atoms with van der Waals surface area (Å²) in [5, 5.41) is 13.5. The number of hydrogen-bond acceptors (Lipinski definition) is 5. The summed E-state index contributed by atoms with van der Waals surface area (Å²) in [6.45, 7) is 0. The van der Waals surface area contributed by atoms with Gasteiger partial charge in [0, 0.05) is 6.20 Å². The molecule has 110 valence electrons. The fourth-order valence-corrected chi connectivity index (χ4v) is 1.95.